The van der Waals surface area contributed by atoms with E-state index in [1.54, 1.807) is 6.92 Å². The van der Waals surface area contributed by atoms with E-state index in [9.17, 15) is 9.18 Å². The Hall–Kier alpha value is -1.93. The van der Waals surface area contributed by atoms with Gasteiger partial charge in [-0.25, -0.2) is 4.39 Å². The molecular formula is C14H15FN2O2. The van der Waals surface area contributed by atoms with Crippen molar-refractivity contribution in [3.8, 4) is 6.07 Å². The average molecular weight is 262 g/mol. The van der Waals surface area contributed by atoms with Crippen molar-refractivity contribution in [1.82, 2.24) is 4.90 Å². The third-order valence-corrected chi connectivity index (χ3v) is 3.66. The maximum atomic E-state index is 13.2. The van der Waals surface area contributed by atoms with Crippen LogP contribution >= 0.6 is 0 Å². The molecule has 1 unspecified atom stereocenters. The zero-order valence-corrected chi connectivity index (χ0v) is 10.6. The van der Waals surface area contributed by atoms with Crippen LogP contribution < -0.4 is 0 Å². The minimum Gasteiger partial charge on any atom is -0.481 e. The summed E-state index contributed by atoms with van der Waals surface area (Å²) in [6.45, 7) is 3.54. The predicted molar refractivity (Wildman–Crippen MR) is 66.7 cm³/mol. The van der Waals surface area contributed by atoms with Crippen LogP contribution in [0.3, 0.4) is 0 Å². The SMILES string of the molecule is CC(C(=O)O)C1CN(Cc2cc(F)ccc2C#N)C1. The van der Waals surface area contributed by atoms with Gasteiger partial charge in [0.05, 0.1) is 17.6 Å². The zero-order valence-electron chi connectivity index (χ0n) is 10.6. The van der Waals surface area contributed by atoms with Gasteiger partial charge in [-0.15, -0.1) is 0 Å². The number of carboxylic acid groups (broad SMARTS) is 1. The smallest absolute Gasteiger partial charge is 0.306 e. The second-order valence-corrected chi connectivity index (χ2v) is 4.99. The van der Waals surface area contributed by atoms with Gasteiger partial charge in [-0.1, -0.05) is 6.92 Å². The quantitative estimate of drug-likeness (QED) is 0.899. The fourth-order valence-corrected chi connectivity index (χ4v) is 2.30. The van der Waals surface area contributed by atoms with Crippen molar-refractivity contribution in [2.24, 2.45) is 11.8 Å². The second kappa shape index (κ2) is 5.37. The molecule has 4 nitrogen and oxygen atoms in total. The monoisotopic (exact) mass is 262 g/mol. The maximum Gasteiger partial charge on any atom is 0.306 e. The Morgan fingerprint density at radius 3 is 2.89 bits per heavy atom. The van der Waals surface area contributed by atoms with Gasteiger partial charge >= 0.3 is 5.97 Å². The fourth-order valence-electron chi connectivity index (χ4n) is 2.30. The van der Waals surface area contributed by atoms with Crippen molar-refractivity contribution < 1.29 is 14.3 Å². The first-order valence-electron chi connectivity index (χ1n) is 6.15. The van der Waals surface area contributed by atoms with Gasteiger partial charge in [0.1, 0.15) is 5.82 Å². The van der Waals surface area contributed by atoms with Crippen LogP contribution in [0.25, 0.3) is 0 Å². The number of rotatable bonds is 4. The maximum absolute atomic E-state index is 13.2. The number of benzene rings is 1. The molecule has 5 heteroatoms. The highest BCUT2D eigenvalue weighted by atomic mass is 19.1. The Balaban J connectivity index is 1.97. The molecule has 1 N–H and O–H groups in total. The van der Waals surface area contributed by atoms with E-state index in [4.69, 9.17) is 10.4 Å². The summed E-state index contributed by atoms with van der Waals surface area (Å²) in [4.78, 5) is 12.9. The number of nitrogens with zero attached hydrogens (tertiary/aromatic N) is 2. The number of nitriles is 1. The van der Waals surface area contributed by atoms with E-state index < -0.39 is 5.97 Å². The first kappa shape index (κ1) is 13.5. The van der Waals surface area contributed by atoms with Crippen LogP contribution in [0.1, 0.15) is 18.1 Å². The fraction of sp³-hybridized carbons (Fsp3) is 0.429. The van der Waals surface area contributed by atoms with Gasteiger partial charge in [0.25, 0.3) is 0 Å². The second-order valence-electron chi connectivity index (χ2n) is 4.99. The Labute approximate surface area is 111 Å². The van der Waals surface area contributed by atoms with Gasteiger partial charge in [0.15, 0.2) is 0 Å². The normalized spacial score (nSPS) is 17.5. The molecular weight excluding hydrogens is 247 g/mol. The van der Waals surface area contributed by atoms with E-state index in [1.807, 2.05) is 11.0 Å². The van der Waals surface area contributed by atoms with Gasteiger partial charge in [-0.3, -0.25) is 9.69 Å². The summed E-state index contributed by atoms with van der Waals surface area (Å²) in [7, 11) is 0. The molecule has 1 aliphatic heterocycles. The molecule has 0 radical (unpaired) electrons. The topological polar surface area (TPSA) is 64.3 Å². The third kappa shape index (κ3) is 2.91. The highest BCUT2D eigenvalue weighted by Crippen LogP contribution is 2.26. The molecule has 0 bridgehead atoms. The number of hydrogen-bond acceptors (Lipinski definition) is 3. The molecule has 1 aliphatic rings. The standard InChI is InChI=1S/C14H15FN2O2/c1-9(14(18)19)12-7-17(8-12)6-11-4-13(15)3-2-10(11)5-16/h2-4,9,12H,6-8H2,1H3,(H,18,19). The summed E-state index contributed by atoms with van der Waals surface area (Å²) >= 11 is 0. The minimum absolute atomic E-state index is 0.136. The Kier molecular flexibility index (Phi) is 3.82. The molecule has 1 atom stereocenters. The Bertz CT molecular complexity index is 533. The summed E-state index contributed by atoms with van der Waals surface area (Å²) in [5.41, 5.74) is 1.13. The Morgan fingerprint density at radius 2 is 2.32 bits per heavy atom. The van der Waals surface area contributed by atoms with Crippen molar-refractivity contribution in [3.63, 3.8) is 0 Å². The van der Waals surface area contributed by atoms with Crippen LogP contribution in [0.5, 0.6) is 0 Å². The molecule has 100 valence electrons. The number of likely N-dealkylation sites (tertiary alicyclic amines) is 1. The first-order chi connectivity index (χ1) is 9.01. The largest absolute Gasteiger partial charge is 0.481 e. The lowest BCUT2D eigenvalue weighted by atomic mass is 9.86. The van der Waals surface area contributed by atoms with Gasteiger partial charge in [0, 0.05) is 19.6 Å². The average Bonchev–Trinajstić information content (AvgIpc) is 2.32. The van der Waals surface area contributed by atoms with Crippen molar-refractivity contribution in [1.29, 1.82) is 5.26 Å². The Morgan fingerprint density at radius 1 is 1.63 bits per heavy atom. The number of hydrogen-bond donors (Lipinski definition) is 1. The summed E-state index contributed by atoms with van der Waals surface area (Å²) in [5, 5.41) is 17.9. The summed E-state index contributed by atoms with van der Waals surface area (Å²) in [6.07, 6.45) is 0. The summed E-state index contributed by atoms with van der Waals surface area (Å²) < 4.78 is 13.2. The number of carboxylic acids is 1. The van der Waals surface area contributed by atoms with Gasteiger partial charge in [-0.2, -0.15) is 5.26 Å². The third-order valence-electron chi connectivity index (χ3n) is 3.66. The van der Waals surface area contributed by atoms with Crippen LogP contribution in [0.4, 0.5) is 4.39 Å². The lowest BCUT2D eigenvalue weighted by molar-refractivity contribution is -0.145. The molecule has 0 aromatic heterocycles. The number of halogens is 1. The minimum atomic E-state index is -0.784. The summed E-state index contributed by atoms with van der Waals surface area (Å²) in [6, 6.07) is 6.15. The van der Waals surface area contributed by atoms with Crippen molar-refractivity contribution in [2.45, 2.75) is 13.5 Å². The van der Waals surface area contributed by atoms with Crippen LogP contribution in [-0.4, -0.2) is 29.1 Å². The molecule has 2 rings (SSSR count). The van der Waals surface area contributed by atoms with Crippen molar-refractivity contribution >= 4 is 5.97 Å². The van der Waals surface area contributed by atoms with Crippen LogP contribution in [-0.2, 0) is 11.3 Å². The van der Waals surface area contributed by atoms with Gasteiger partial charge in [0.2, 0.25) is 0 Å². The van der Waals surface area contributed by atoms with E-state index in [1.165, 1.54) is 18.2 Å². The number of carbonyl (C=O) groups is 1. The molecule has 1 fully saturated rings. The van der Waals surface area contributed by atoms with Crippen LogP contribution in [0.15, 0.2) is 18.2 Å². The van der Waals surface area contributed by atoms with E-state index in [-0.39, 0.29) is 17.7 Å². The van der Waals surface area contributed by atoms with Gasteiger partial charge < -0.3 is 5.11 Å². The van der Waals surface area contributed by atoms with Gasteiger partial charge in [-0.05, 0) is 29.7 Å². The molecule has 1 heterocycles. The van der Waals surface area contributed by atoms with E-state index in [0.29, 0.717) is 30.8 Å². The molecule has 1 saturated heterocycles. The highest BCUT2D eigenvalue weighted by Gasteiger charge is 2.34. The van der Waals surface area contributed by atoms with Crippen LogP contribution in [0.2, 0.25) is 0 Å². The summed E-state index contributed by atoms with van der Waals surface area (Å²) in [5.74, 6) is -1.37. The highest BCUT2D eigenvalue weighted by molar-refractivity contribution is 5.70. The van der Waals surface area contributed by atoms with E-state index in [0.717, 1.165) is 0 Å². The lowest BCUT2D eigenvalue weighted by Crippen LogP contribution is -2.50. The number of aliphatic carboxylic acids is 1. The van der Waals surface area contributed by atoms with Crippen molar-refractivity contribution in [3.05, 3.63) is 35.1 Å². The molecule has 0 saturated carbocycles. The molecule has 0 spiro atoms. The molecule has 0 aliphatic carbocycles. The lowest BCUT2D eigenvalue weighted by Gasteiger charge is -2.41. The van der Waals surface area contributed by atoms with E-state index in [2.05, 4.69) is 0 Å². The van der Waals surface area contributed by atoms with Crippen molar-refractivity contribution in [2.75, 3.05) is 13.1 Å². The molecule has 0 amide bonds. The first-order valence-corrected chi connectivity index (χ1v) is 6.15. The molecule has 1 aromatic rings. The van der Waals surface area contributed by atoms with E-state index >= 15 is 0 Å². The molecule has 1 aromatic carbocycles. The molecule has 19 heavy (non-hydrogen) atoms. The predicted octanol–water partition coefficient (Wildman–Crippen LogP) is 1.85. The zero-order chi connectivity index (χ0) is 14.0. The van der Waals surface area contributed by atoms with Crippen LogP contribution in [0, 0.1) is 29.0 Å².